The molecule has 0 aliphatic heterocycles. The van der Waals surface area contributed by atoms with E-state index < -0.39 is 5.92 Å². The first-order chi connectivity index (χ1) is 8.60. The summed E-state index contributed by atoms with van der Waals surface area (Å²) < 4.78 is 0. The second-order valence-corrected chi connectivity index (χ2v) is 4.05. The first-order valence-electron chi connectivity index (χ1n) is 5.79. The fourth-order valence-corrected chi connectivity index (χ4v) is 1.59. The molecule has 1 heterocycles. The van der Waals surface area contributed by atoms with Crippen LogP contribution in [-0.4, -0.2) is 21.9 Å². The third-order valence-electron chi connectivity index (χ3n) is 2.66. The summed E-state index contributed by atoms with van der Waals surface area (Å²) in [5.74, 6) is -0.987. The van der Waals surface area contributed by atoms with Gasteiger partial charge in [-0.1, -0.05) is 18.5 Å². The fraction of sp³-hybridized carbons (Fsp3) is 0.417. The van der Waals surface area contributed by atoms with Crippen molar-refractivity contribution < 1.29 is 10.0 Å². The lowest BCUT2D eigenvalue weighted by Crippen LogP contribution is -2.34. The number of hydrogen-bond donors (Lipinski definition) is 3. The average Bonchev–Trinajstić information content (AvgIpc) is 2.37. The van der Waals surface area contributed by atoms with E-state index in [0.29, 0.717) is 12.1 Å². The Balaban J connectivity index is 2.82. The predicted molar refractivity (Wildman–Crippen MR) is 69.4 cm³/mol. The smallest absolute Gasteiger partial charge is 0.235 e. The molecule has 0 radical (unpaired) electrons. The molecule has 6 heteroatoms. The van der Waals surface area contributed by atoms with Gasteiger partial charge in [-0.15, -0.1) is 0 Å². The number of rotatable bonds is 5. The van der Waals surface area contributed by atoms with E-state index in [2.05, 4.69) is 15.5 Å². The maximum absolute atomic E-state index is 12.0. The molecule has 0 bridgehead atoms. The van der Waals surface area contributed by atoms with Crippen molar-refractivity contribution in [3.63, 3.8) is 0 Å². The number of nitrogens with two attached hydrogens (primary N) is 1. The van der Waals surface area contributed by atoms with Gasteiger partial charge in [0.1, 0.15) is 0 Å². The molecule has 98 valence electrons. The van der Waals surface area contributed by atoms with Gasteiger partial charge >= 0.3 is 0 Å². The van der Waals surface area contributed by atoms with Crippen LogP contribution in [0.5, 0.6) is 0 Å². The lowest BCUT2D eigenvalue weighted by molar-refractivity contribution is -0.118. The molecule has 1 amide bonds. The molecular formula is C12H18N4O2. The third-order valence-corrected chi connectivity index (χ3v) is 2.66. The van der Waals surface area contributed by atoms with Crippen LogP contribution >= 0.6 is 0 Å². The summed E-state index contributed by atoms with van der Waals surface area (Å²) in [6.45, 7) is 3.80. The van der Waals surface area contributed by atoms with Crippen LogP contribution in [0.1, 0.15) is 25.3 Å². The van der Waals surface area contributed by atoms with Crippen LogP contribution in [0, 0.1) is 12.8 Å². The van der Waals surface area contributed by atoms with Gasteiger partial charge in [0, 0.05) is 6.20 Å². The molecule has 0 aliphatic rings. The topological polar surface area (TPSA) is 101 Å². The molecule has 0 saturated heterocycles. The zero-order chi connectivity index (χ0) is 13.5. The minimum absolute atomic E-state index is 0.0732. The van der Waals surface area contributed by atoms with E-state index in [1.54, 1.807) is 18.5 Å². The van der Waals surface area contributed by atoms with E-state index in [-0.39, 0.29) is 11.7 Å². The van der Waals surface area contributed by atoms with Crippen LogP contribution in [0.3, 0.4) is 0 Å². The minimum atomic E-state index is -0.625. The van der Waals surface area contributed by atoms with Gasteiger partial charge in [0.05, 0.1) is 17.8 Å². The van der Waals surface area contributed by atoms with Crippen LogP contribution in [0.2, 0.25) is 0 Å². The number of carbonyl (C=O) groups is 1. The molecule has 0 spiro atoms. The van der Waals surface area contributed by atoms with Crippen molar-refractivity contribution in [3.8, 4) is 0 Å². The van der Waals surface area contributed by atoms with Crippen molar-refractivity contribution in [2.45, 2.75) is 26.7 Å². The SMILES string of the molecule is CCCC(C(=O)Nc1cnccc1C)C(N)=NO. The predicted octanol–water partition coefficient (Wildman–Crippen LogP) is 1.49. The Kier molecular flexibility index (Phi) is 5.10. The maximum atomic E-state index is 12.0. The Labute approximate surface area is 106 Å². The number of aryl methyl sites for hydroxylation is 1. The third kappa shape index (κ3) is 3.44. The Morgan fingerprint density at radius 1 is 1.67 bits per heavy atom. The molecule has 4 N–H and O–H groups in total. The molecule has 0 saturated carbocycles. The lowest BCUT2D eigenvalue weighted by atomic mass is 10.0. The number of carbonyl (C=O) groups excluding carboxylic acids is 1. The highest BCUT2D eigenvalue weighted by Crippen LogP contribution is 2.15. The van der Waals surface area contributed by atoms with E-state index in [4.69, 9.17) is 10.9 Å². The molecule has 1 aromatic rings. The molecule has 0 fully saturated rings. The van der Waals surface area contributed by atoms with Gasteiger partial charge < -0.3 is 16.3 Å². The fourth-order valence-electron chi connectivity index (χ4n) is 1.59. The Hall–Kier alpha value is -2.11. The normalized spacial score (nSPS) is 13.1. The molecular weight excluding hydrogens is 232 g/mol. The summed E-state index contributed by atoms with van der Waals surface area (Å²) in [5.41, 5.74) is 7.06. The van der Waals surface area contributed by atoms with Crippen LogP contribution < -0.4 is 11.1 Å². The molecule has 18 heavy (non-hydrogen) atoms. The average molecular weight is 250 g/mol. The number of oxime groups is 1. The van der Waals surface area contributed by atoms with E-state index >= 15 is 0 Å². The molecule has 1 unspecified atom stereocenters. The van der Waals surface area contributed by atoms with Crippen molar-refractivity contribution in [3.05, 3.63) is 24.0 Å². The summed E-state index contributed by atoms with van der Waals surface area (Å²) >= 11 is 0. The van der Waals surface area contributed by atoms with Crippen molar-refractivity contribution in [2.24, 2.45) is 16.8 Å². The largest absolute Gasteiger partial charge is 0.409 e. The monoisotopic (exact) mass is 250 g/mol. The lowest BCUT2D eigenvalue weighted by Gasteiger charge is -2.15. The highest BCUT2D eigenvalue weighted by atomic mass is 16.4. The molecule has 1 aromatic heterocycles. The van der Waals surface area contributed by atoms with Crippen LogP contribution in [-0.2, 0) is 4.79 Å². The number of amidine groups is 1. The van der Waals surface area contributed by atoms with Gasteiger partial charge in [0.15, 0.2) is 5.84 Å². The summed E-state index contributed by atoms with van der Waals surface area (Å²) in [6, 6.07) is 1.80. The van der Waals surface area contributed by atoms with E-state index in [1.807, 2.05) is 13.8 Å². The van der Waals surface area contributed by atoms with Gasteiger partial charge in [-0.3, -0.25) is 9.78 Å². The van der Waals surface area contributed by atoms with E-state index in [9.17, 15) is 4.79 Å². The first-order valence-corrected chi connectivity index (χ1v) is 5.79. The van der Waals surface area contributed by atoms with Crippen LogP contribution in [0.15, 0.2) is 23.6 Å². The molecule has 6 nitrogen and oxygen atoms in total. The molecule has 1 atom stereocenters. The zero-order valence-electron chi connectivity index (χ0n) is 10.6. The zero-order valence-corrected chi connectivity index (χ0v) is 10.6. The summed E-state index contributed by atoms with van der Waals surface area (Å²) in [4.78, 5) is 16.0. The summed E-state index contributed by atoms with van der Waals surface area (Å²) in [6.07, 6.45) is 4.52. The second-order valence-electron chi connectivity index (χ2n) is 4.05. The Morgan fingerprint density at radius 3 is 2.94 bits per heavy atom. The van der Waals surface area contributed by atoms with Gasteiger partial charge in [-0.2, -0.15) is 0 Å². The van der Waals surface area contributed by atoms with E-state index in [1.165, 1.54) is 0 Å². The van der Waals surface area contributed by atoms with Gasteiger partial charge in [0.2, 0.25) is 5.91 Å². The quantitative estimate of drug-likeness (QED) is 0.319. The first kappa shape index (κ1) is 14.0. The van der Waals surface area contributed by atoms with Crippen molar-refractivity contribution in [1.82, 2.24) is 4.98 Å². The number of hydrogen-bond acceptors (Lipinski definition) is 4. The molecule has 1 rings (SSSR count). The van der Waals surface area contributed by atoms with Gasteiger partial charge in [-0.25, -0.2) is 0 Å². The summed E-state index contributed by atoms with van der Waals surface area (Å²) in [5, 5.41) is 14.3. The van der Waals surface area contributed by atoms with Crippen molar-refractivity contribution in [1.29, 1.82) is 0 Å². The second kappa shape index (κ2) is 6.58. The summed E-state index contributed by atoms with van der Waals surface area (Å²) in [7, 11) is 0. The van der Waals surface area contributed by atoms with Crippen LogP contribution in [0.25, 0.3) is 0 Å². The highest BCUT2D eigenvalue weighted by Gasteiger charge is 2.22. The van der Waals surface area contributed by atoms with Gasteiger partial charge in [-0.05, 0) is 25.0 Å². The number of nitrogens with zero attached hydrogens (tertiary/aromatic N) is 2. The Bertz CT molecular complexity index is 445. The number of anilines is 1. The number of aromatic nitrogens is 1. The van der Waals surface area contributed by atoms with Crippen molar-refractivity contribution >= 4 is 17.4 Å². The standard InChI is InChI=1S/C12H18N4O2/c1-3-4-9(11(13)16-18)12(17)15-10-7-14-6-5-8(10)2/h5-7,9,18H,3-4H2,1-2H3,(H2,13,16)(H,15,17). The number of amides is 1. The molecule has 0 aliphatic carbocycles. The van der Waals surface area contributed by atoms with Gasteiger partial charge in [0.25, 0.3) is 0 Å². The number of pyridine rings is 1. The highest BCUT2D eigenvalue weighted by molar-refractivity contribution is 6.07. The Morgan fingerprint density at radius 2 is 2.39 bits per heavy atom. The van der Waals surface area contributed by atoms with Crippen LogP contribution in [0.4, 0.5) is 5.69 Å². The number of nitrogens with one attached hydrogen (secondary N) is 1. The molecule has 0 aromatic carbocycles. The van der Waals surface area contributed by atoms with Crippen molar-refractivity contribution in [2.75, 3.05) is 5.32 Å². The minimum Gasteiger partial charge on any atom is -0.409 e. The van der Waals surface area contributed by atoms with E-state index in [0.717, 1.165) is 12.0 Å². The maximum Gasteiger partial charge on any atom is 0.235 e.